The van der Waals surface area contributed by atoms with E-state index in [0.717, 1.165) is 23.3 Å². The lowest BCUT2D eigenvalue weighted by Gasteiger charge is -2.23. The molecule has 24 heavy (non-hydrogen) atoms. The predicted octanol–water partition coefficient (Wildman–Crippen LogP) is 3.70. The fourth-order valence-corrected chi connectivity index (χ4v) is 5.31. The number of hydrogen-bond acceptors (Lipinski definition) is 4. The fourth-order valence-electron chi connectivity index (χ4n) is 3.49. The van der Waals surface area contributed by atoms with E-state index in [-0.39, 0.29) is 23.1 Å². The summed E-state index contributed by atoms with van der Waals surface area (Å²) in [5, 5.41) is 7.24. The molecule has 2 aliphatic heterocycles. The standard InChI is InChI=1S/C18H18N2O2S2/c1-2-24-15-5-7-20-16(15)17(21)19-14-4-3-11(9-13(14)18(20)22)12-6-8-23-10-12/h3-4,6,8-10,15-16H,2,5,7H2,1H3,(H,19,21). The van der Waals surface area contributed by atoms with Crippen LogP contribution in [0, 0.1) is 0 Å². The highest BCUT2D eigenvalue weighted by atomic mass is 32.2. The highest BCUT2D eigenvalue weighted by Gasteiger charge is 2.44. The molecular weight excluding hydrogens is 340 g/mol. The van der Waals surface area contributed by atoms with Gasteiger partial charge in [-0.15, -0.1) is 0 Å². The molecule has 2 unspecified atom stereocenters. The van der Waals surface area contributed by atoms with Gasteiger partial charge < -0.3 is 10.2 Å². The van der Waals surface area contributed by atoms with Crippen LogP contribution in [0.3, 0.4) is 0 Å². The highest BCUT2D eigenvalue weighted by Crippen LogP contribution is 2.36. The van der Waals surface area contributed by atoms with E-state index in [1.807, 2.05) is 29.6 Å². The van der Waals surface area contributed by atoms with Crippen LogP contribution in [0.1, 0.15) is 23.7 Å². The zero-order chi connectivity index (χ0) is 16.7. The number of hydrogen-bond donors (Lipinski definition) is 1. The number of rotatable bonds is 3. The molecule has 2 atom stereocenters. The van der Waals surface area contributed by atoms with Gasteiger partial charge in [0.25, 0.3) is 5.91 Å². The lowest BCUT2D eigenvalue weighted by Crippen LogP contribution is -2.44. The molecule has 124 valence electrons. The summed E-state index contributed by atoms with van der Waals surface area (Å²) in [6.45, 7) is 2.74. The summed E-state index contributed by atoms with van der Waals surface area (Å²) in [5.41, 5.74) is 3.33. The molecular formula is C18H18N2O2S2. The van der Waals surface area contributed by atoms with Crippen LogP contribution < -0.4 is 5.32 Å². The third-order valence-electron chi connectivity index (χ3n) is 4.62. The molecule has 0 radical (unpaired) electrons. The number of amides is 2. The molecule has 1 aromatic carbocycles. The molecule has 0 aliphatic carbocycles. The van der Waals surface area contributed by atoms with Gasteiger partial charge in [0.05, 0.1) is 11.3 Å². The predicted molar refractivity (Wildman–Crippen MR) is 99.7 cm³/mol. The van der Waals surface area contributed by atoms with Crippen LogP contribution in [-0.4, -0.2) is 40.3 Å². The number of fused-ring (bicyclic) bond motifs is 2. The zero-order valence-electron chi connectivity index (χ0n) is 13.3. The second kappa shape index (κ2) is 6.26. The minimum absolute atomic E-state index is 0.0374. The van der Waals surface area contributed by atoms with Crippen LogP contribution in [0.4, 0.5) is 5.69 Å². The average molecular weight is 358 g/mol. The second-order valence-electron chi connectivity index (χ2n) is 5.99. The number of thioether (sulfide) groups is 1. The molecule has 1 aromatic heterocycles. The molecule has 6 heteroatoms. The average Bonchev–Trinajstić information content (AvgIpc) is 3.22. The number of carbonyl (C=O) groups is 2. The number of anilines is 1. The van der Waals surface area contributed by atoms with Crippen LogP contribution in [0.5, 0.6) is 0 Å². The monoisotopic (exact) mass is 358 g/mol. The Morgan fingerprint density at radius 1 is 1.29 bits per heavy atom. The lowest BCUT2D eigenvalue weighted by molar-refractivity contribution is -0.119. The van der Waals surface area contributed by atoms with E-state index in [9.17, 15) is 9.59 Å². The maximum Gasteiger partial charge on any atom is 0.256 e. The summed E-state index contributed by atoms with van der Waals surface area (Å²) in [6, 6.07) is 7.40. The van der Waals surface area contributed by atoms with Crippen LogP contribution in [0.2, 0.25) is 0 Å². The maximum atomic E-state index is 13.1. The van der Waals surface area contributed by atoms with Crippen molar-refractivity contribution in [2.75, 3.05) is 17.6 Å². The van der Waals surface area contributed by atoms with E-state index < -0.39 is 0 Å². The van der Waals surface area contributed by atoms with Crippen molar-refractivity contribution in [1.82, 2.24) is 4.90 Å². The molecule has 1 fully saturated rings. The Bertz CT molecular complexity index is 788. The van der Waals surface area contributed by atoms with E-state index in [4.69, 9.17) is 0 Å². The molecule has 0 saturated carbocycles. The first kappa shape index (κ1) is 15.7. The Morgan fingerprint density at radius 2 is 2.17 bits per heavy atom. The lowest BCUT2D eigenvalue weighted by atomic mass is 10.0. The maximum absolute atomic E-state index is 13.1. The highest BCUT2D eigenvalue weighted by molar-refractivity contribution is 7.99. The van der Waals surface area contributed by atoms with Crippen molar-refractivity contribution in [1.29, 1.82) is 0 Å². The molecule has 0 spiro atoms. The van der Waals surface area contributed by atoms with Gasteiger partial charge in [0.1, 0.15) is 6.04 Å². The number of benzene rings is 1. The first-order valence-corrected chi connectivity index (χ1v) is 10.1. The van der Waals surface area contributed by atoms with Crippen LogP contribution >= 0.6 is 23.1 Å². The van der Waals surface area contributed by atoms with E-state index in [2.05, 4.69) is 17.6 Å². The largest absolute Gasteiger partial charge is 0.325 e. The summed E-state index contributed by atoms with van der Waals surface area (Å²) in [7, 11) is 0. The van der Waals surface area contributed by atoms with Gasteiger partial charge in [-0.25, -0.2) is 0 Å². The summed E-state index contributed by atoms with van der Waals surface area (Å²) in [4.78, 5) is 27.5. The third-order valence-corrected chi connectivity index (χ3v) is 6.55. The molecule has 1 saturated heterocycles. The Kier molecular flexibility index (Phi) is 4.10. The molecule has 3 heterocycles. The molecule has 4 nitrogen and oxygen atoms in total. The van der Waals surface area contributed by atoms with E-state index in [1.165, 1.54) is 0 Å². The second-order valence-corrected chi connectivity index (χ2v) is 8.28. The smallest absolute Gasteiger partial charge is 0.256 e. The molecule has 2 amide bonds. The SMILES string of the molecule is CCSC1CCN2C(=O)c3cc(-c4ccsc4)ccc3NC(=O)C12. The molecule has 2 aromatic rings. The van der Waals surface area contributed by atoms with Gasteiger partial charge in [-0.1, -0.05) is 13.0 Å². The first-order valence-electron chi connectivity index (χ1n) is 8.09. The van der Waals surface area contributed by atoms with Gasteiger partial charge >= 0.3 is 0 Å². The van der Waals surface area contributed by atoms with Crippen LogP contribution in [0.25, 0.3) is 11.1 Å². The van der Waals surface area contributed by atoms with Crippen LogP contribution in [0.15, 0.2) is 35.0 Å². The Hall–Kier alpha value is -1.79. The Balaban J connectivity index is 1.74. The summed E-state index contributed by atoms with van der Waals surface area (Å²) in [6.07, 6.45) is 0.877. The molecule has 0 bridgehead atoms. The van der Waals surface area contributed by atoms with Crippen molar-refractivity contribution in [3.05, 3.63) is 40.6 Å². The van der Waals surface area contributed by atoms with Crippen molar-refractivity contribution in [3.63, 3.8) is 0 Å². The van der Waals surface area contributed by atoms with Crippen molar-refractivity contribution >= 4 is 40.6 Å². The summed E-state index contributed by atoms with van der Waals surface area (Å²) < 4.78 is 0. The minimum Gasteiger partial charge on any atom is -0.325 e. The van der Waals surface area contributed by atoms with Crippen molar-refractivity contribution < 1.29 is 9.59 Å². The minimum atomic E-state index is -0.362. The van der Waals surface area contributed by atoms with Crippen molar-refractivity contribution in [2.45, 2.75) is 24.6 Å². The number of thiophene rings is 1. The van der Waals surface area contributed by atoms with Gasteiger partial charge in [0.15, 0.2) is 0 Å². The summed E-state index contributed by atoms with van der Waals surface area (Å²) in [5.74, 6) is 0.851. The first-order chi connectivity index (χ1) is 11.7. The van der Waals surface area contributed by atoms with Crippen molar-refractivity contribution in [2.24, 2.45) is 0 Å². The number of carbonyl (C=O) groups excluding carboxylic acids is 2. The van der Waals surface area contributed by atoms with Gasteiger partial charge in [-0.3, -0.25) is 9.59 Å². The van der Waals surface area contributed by atoms with E-state index >= 15 is 0 Å². The zero-order valence-corrected chi connectivity index (χ0v) is 15.0. The van der Waals surface area contributed by atoms with Gasteiger partial charge in [0.2, 0.25) is 5.91 Å². The Morgan fingerprint density at radius 3 is 2.92 bits per heavy atom. The van der Waals surface area contributed by atoms with E-state index in [1.54, 1.807) is 28.0 Å². The Labute approximate surface area is 149 Å². The van der Waals surface area contributed by atoms with E-state index in [0.29, 0.717) is 17.8 Å². The van der Waals surface area contributed by atoms with Gasteiger partial charge in [-0.2, -0.15) is 23.1 Å². The van der Waals surface area contributed by atoms with Gasteiger partial charge in [0, 0.05) is 11.8 Å². The molecule has 4 rings (SSSR count). The van der Waals surface area contributed by atoms with Gasteiger partial charge in [-0.05, 0) is 52.3 Å². The fraction of sp³-hybridized carbons (Fsp3) is 0.333. The topological polar surface area (TPSA) is 49.4 Å². The molecule has 1 N–H and O–H groups in total. The molecule has 2 aliphatic rings. The quantitative estimate of drug-likeness (QED) is 0.910. The van der Waals surface area contributed by atoms with Crippen molar-refractivity contribution in [3.8, 4) is 11.1 Å². The number of nitrogens with one attached hydrogen (secondary N) is 1. The third kappa shape index (κ3) is 2.54. The summed E-state index contributed by atoms with van der Waals surface area (Å²) >= 11 is 3.40. The normalized spacial score (nSPS) is 22.8. The number of nitrogens with zero attached hydrogens (tertiary/aromatic N) is 1. The van der Waals surface area contributed by atoms with Crippen LogP contribution in [-0.2, 0) is 4.79 Å².